The average molecular weight is 2170 g/mol. The van der Waals surface area contributed by atoms with Gasteiger partial charge < -0.3 is 131 Å². The maximum absolute atomic E-state index is 15.7. The lowest BCUT2D eigenvalue weighted by molar-refractivity contribution is -0.0570. The maximum atomic E-state index is 15.7. The van der Waals surface area contributed by atoms with Gasteiger partial charge in [-0.2, -0.15) is 10.5 Å². The number of nitrogens with zero attached hydrogens (tertiary/aromatic N) is 16. The first-order valence-electron chi connectivity index (χ1n) is 50.2. The minimum Gasteiger partial charge on any atom is -0.414 e. The zero-order valence-electron chi connectivity index (χ0n) is 89.7. The standard InChI is InChI=1S/C33H57FN5O7PSi2.C24H40FN3O6Si2.C15H32N3OP.C12H14FN3O5.C11H12FN3O5/c1-20(2)39(21(3)4)47(41-16-14-15-35)44-30-29-27(43-33(30)38-17-26(34)28-31(38)36-19-37(13)32(28)40)18-42-48(22(5)6,23(7)8)46-49(45-29,24(9)10)25(11)12;1-13(2)35(14(3)4)31-11-18-21(33-36(34-35,15(5)6)16(7)8)20(29)24(32-18)28-10-17(25)19-22(28)26-12-27(9)23(19)30;1-12(2)17(13(3)4)20(19-11-9-10-16)18(14(5)6)15(7)8;1-15-4-14-10-7(11(15)20)5(13)2-16(10)12-9(19)8(18)6(3-17)21-12;12-4-1-15(9-6(4)10(19)14-3-13-9)11-8(18)7(17)5(2-16)20-11/h17,19-25,27,29-30,33H,14,16,18H2,1-13H3;10,12-16,18,20-21,24,29H,11H2,1-9H3;12-15H,9,11H2,1-8H3;2,4,6,8-9,12,17-19H,3H2,1H3;1,3,5,7-8,11,16-18H,2H2,(H,13,14,19)/t27-,29-,30-,33-,47?;18-,20-,21-,24-;;6-,8-,9-,12-;5-,7-,8-,11-/m11.11/s1. The quantitative estimate of drug-likeness (QED) is 0.00866. The molecule has 6 aliphatic rings. The molecule has 0 radical (unpaired) electrons. The van der Waals surface area contributed by atoms with Crippen LogP contribution in [0.2, 0.25) is 44.3 Å². The van der Waals surface area contributed by atoms with E-state index in [1.807, 2.05) is 0 Å². The zero-order chi connectivity index (χ0) is 109. The summed E-state index contributed by atoms with van der Waals surface area (Å²) in [6, 6.07) is 6.07. The van der Waals surface area contributed by atoms with Crippen molar-refractivity contribution in [3.8, 4) is 12.1 Å². The molecule has 6 saturated heterocycles. The number of aryl methyl sites for hydroxylation is 3. The van der Waals surface area contributed by atoms with Gasteiger partial charge in [0.15, 0.2) is 79.2 Å². The molecule has 0 amide bonds. The topological polar surface area (TPSA) is 489 Å². The lowest BCUT2D eigenvalue weighted by Crippen LogP contribution is -2.65. The van der Waals surface area contributed by atoms with E-state index in [-0.39, 0.29) is 127 Å². The fourth-order valence-corrected chi connectivity index (χ4v) is 46.7. The van der Waals surface area contributed by atoms with Crippen molar-refractivity contribution in [2.24, 2.45) is 21.1 Å². The number of ether oxygens (including phenoxy) is 4. The van der Waals surface area contributed by atoms with Crippen LogP contribution in [0.25, 0.3) is 44.1 Å². The summed E-state index contributed by atoms with van der Waals surface area (Å²) < 4.78 is 160. The molecule has 6 fully saturated rings. The molecule has 0 spiro atoms. The molecule has 0 aliphatic carbocycles. The number of fused-ring (bicyclic) bond motifs is 6. The van der Waals surface area contributed by atoms with Crippen LogP contribution in [-0.2, 0) is 79.6 Å². The van der Waals surface area contributed by atoms with Gasteiger partial charge in [0.1, 0.15) is 94.8 Å². The lowest BCUT2D eigenvalue weighted by Gasteiger charge is -2.51. The summed E-state index contributed by atoms with van der Waals surface area (Å²) in [4.78, 5) is 67.9. The van der Waals surface area contributed by atoms with E-state index in [9.17, 15) is 63.1 Å². The molecule has 17 atom stereocenters. The van der Waals surface area contributed by atoms with Gasteiger partial charge in [0.05, 0.1) is 89.9 Å². The Morgan fingerprint density at radius 1 is 0.425 bits per heavy atom. The molecule has 41 nitrogen and oxygen atoms in total. The Morgan fingerprint density at radius 3 is 1.06 bits per heavy atom. The number of nitrogens with one attached hydrogen (secondary N) is 1. The first kappa shape index (κ1) is 121. The van der Waals surface area contributed by atoms with Gasteiger partial charge in [-0.25, -0.2) is 51.5 Å². The summed E-state index contributed by atoms with van der Waals surface area (Å²) in [5.74, 6) is -3.02. The van der Waals surface area contributed by atoms with Crippen molar-refractivity contribution in [1.29, 1.82) is 10.5 Å². The second kappa shape index (κ2) is 50.4. The summed E-state index contributed by atoms with van der Waals surface area (Å²) in [6.45, 7) is 60.2. The summed E-state index contributed by atoms with van der Waals surface area (Å²) in [6.07, 6.45) is -6.11. The van der Waals surface area contributed by atoms with Gasteiger partial charge in [-0.15, -0.1) is 0 Å². The molecule has 0 bridgehead atoms. The maximum Gasteiger partial charge on any atom is 0.335 e. The van der Waals surface area contributed by atoms with Crippen LogP contribution in [0.3, 0.4) is 0 Å². The summed E-state index contributed by atoms with van der Waals surface area (Å²) in [5, 5.41) is 86.2. The molecule has 14 heterocycles. The van der Waals surface area contributed by atoms with Crippen LogP contribution < -0.4 is 22.2 Å². The fraction of sp³-hybridized carbons (Fsp3) is 0.726. The largest absolute Gasteiger partial charge is 0.414 e. The molecule has 146 heavy (non-hydrogen) atoms. The number of aromatic nitrogens is 12. The highest BCUT2D eigenvalue weighted by Crippen LogP contribution is 2.57. The summed E-state index contributed by atoms with van der Waals surface area (Å²) >= 11 is 0. The average Bonchev–Trinajstić information content (AvgIpc) is 1.56. The first-order chi connectivity index (χ1) is 68.4. The van der Waals surface area contributed by atoms with E-state index in [0.29, 0.717) is 37.2 Å². The molecule has 51 heteroatoms. The Labute approximate surface area is 857 Å². The Hall–Kier alpha value is -6.81. The molecule has 8 aromatic heterocycles. The van der Waals surface area contributed by atoms with Crippen LogP contribution in [-0.4, -0.2) is 290 Å². The number of nitriles is 2. The van der Waals surface area contributed by atoms with Crippen molar-refractivity contribution >= 4 is 95.4 Å². The number of aliphatic hydroxyl groups is 7. The first-order valence-corrected chi connectivity index (χ1v) is 60.4. The Bertz CT molecular complexity index is 5940. The molecule has 8 aromatic rings. The minimum absolute atomic E-state index is 0.00504. The number of H-pyrrole nitrogens is 1. The van der Waals surface area contributed by atoms with E-state index >= 15 is 4.39 Å². The van der Waals surface area contributed by atoms with Crippen molar-refractivity contribution in [1.82, 2.24) is 70.9 Å². The minimum atomic E-state index is -3.12. The van der Waals surface area contributed by atoms with Gasteiger partial charge in [0.25, 0.3) is 30.8 Å². The second-order valence-electron chi connectivity index (χ2n) is 42.0. The molecule has 6 aliphatic heterocycles. The molecule has 14 rings (SSSR count). The summed E-state index contributed by atoms with van der Waals surface area (Å²) in [7, 11) is -9.85. The smallest absolute Gasteiger partial charge is 0.335 e. The fourth-order valence-electron chi connectivity index (χ4n) is 20.2. The highest BCUT2D eigenvalue weighted by molar-refractivity contribution is 7.47. The van der Waals surface area contributed by atoms with Crippen molar-refractivity contribution in [3.63, 3.8) is 0 Å². The van der Waals surface area contributed by atoms with Crippen molar-refractivity contribution in [3.05, 3.63) is 115 Å². The van der Waals surface area contributed by atoms with Crippen LogP contribution in [0.15, 0.2) is 69.3 Å². The van der Waals surface area contributed by atoms with Crippen molar-refractivity contribution in [2.45, 2.75) is 385 Å². The number of aliphatic hydroxyl groups excluding tert-OH is 7. The van der Waals surface area contributed by atoms with Crippen LogP contribution >= 0.6 is 17.0 Å². The predicted molar refractivity (Wildman–Crippen MR) is 550 cm³/mol. The van der Waals surface area contributed by atoms with Gasteiger partial charge in [-0.05, 0) is 127 Å². The molecule has 1 unspecified atom stereocenters. The third-order valence-electron chi connectivity index (χ3n) is 27.3. The monoisotopic (exact) mass is 2170 g/mol. The molecule has 0 aromatic carbocycles. The number of hydrogen-bond acceptors (Lipinski definition) is 33. The number of hydrogen-bond donors (Lipinski definition) is 8. The van der Waals surface area contributed by atoms with E-state index < -0.39 is 208 Å². The van der Waals surface area contributed by atoms with E-state index in [2.05, 4.69) is 245 Å². The Balaban J connectivity index is 0.000000197. The van der Waals surface area contributed by atoms with Crippen LogP contribution in [0.4, 0.5) is 17.6 Å². The van der Waals surface area contributed by atoms with Gasteiger partial charge in [0, 0.05) is 82.2 Å². The van der Waals surface area contributed by atoms with Gasteiger partial charge in [-0.1, -0.05) is 111 Å². The zero-order valence-corrected chi connectivity index (χ0v) is 95.5. The number of halogens is 4. The predicted octanol–water partition coefficient (Wildman–Crippen LogP) is 12.8. The highest BCUT2D eigenvalue weighted by atomic mass is 31.2. The Morgan fingerprint density at radius 2 is 0.733 bits per heavy atom. The Kier molecular flexibility index (Phi) is 41.8. The molecular weight excluding hydrogens is 2010 g/mol. The molecular formula is C95H155F4N17O24P2Si4. The van der Waals surface area contributed by atoms with Gasteiger partial charge in [-0.3, -0.25) is 19.2 Å². The normalized spacial score (nSPS) is 25.4. The second-order valence-corrected chi connectivity index (χ2v) is 62.8. The van der Waals surface area contributed by atoms with Gasteiger partial charge in [0.2, 0.25) is 0 Å². The van der Waals surface area contributed by atoms with Crippen LogP contribution in [0, 0.1) is 45.9 Å². The number of rotatable bonds is 31. The molecule has 818 valence electrons. The van der Waals surface area contributed by atoms with Crippen LogP contribution in [0.1, 0.15) is 232 Å². The molecule has 8 N–H and O–H groups in total. The third-order valence-corrected chi connectivity index (χ3v) is 53.0. The van der Waals surface area contributed by atoms with Crippen molar-refractivity contribution in [2.75, 3.05) is 39.6 Å². The number of aromatic amines is 1. The SMILES string of the molecule is CC(C)N(C(C)C)P(OCCC#N)N(C(C)C)C(C)C.CC(C)N(C(C)C)P(OCCC#N)O[C@@H]1[C@@H]2O[Si](C(C)C)(C(C)C)O[Si](C(C)C)(C(C)C)OC[C@H]2O[C@H]1n1cc(F)c2c(=O)n(C)cnc21.CC(C)[Si]1(C(C)C)OC[C@H]2O[C@@H](n3cc(F)c4c(=O)n(C)cnc43)[C@H](O)[C@@H]2O[Si](C(C)C)(C(C)C)O1.Cn1cnc2c(c(F)cn2[C@@H]2O[C@H](CO)[C@@H](O)[C@H]2O)c1=O.O=c1[nH]cnc2c1c(F)cn2[C@@H]1O[C@H](CO)[C@@H](O)[C@H]1O. The molecule has 0 saturated carbocycles. The highest BCUT2D eigenvalue weighted by Gasteiger charge is 2.65. The van der Waals surface area contributed by atoms with Gasteiger partial charge >= 0.3 is 34.2 Å². The van der Waals surface area contributed by atoms with Crippen LogP contribution in [0.5, 0.6) is 0 Å². The summed E-state index contributed by atoms with van der Waals surface area (Å²) in [5.41, 5.74) is -1.08. The lowest BCUT2D eigenvalue weighted by atomic mass is 10.1. The van der Waals surface area contributed by atoms with E-state index in [1.54, 1.807) is 4.57 Å². The van der Waals surface area contributed by atoms with E-state index in [1.165, 1.54) is 66.2 Å². The van der Waals surface area contributed by atoms with E-state index in [0.717, 1.165) is 32.4 Å². The third kappa shape index (κ3) is 24.5. The van der Waals surface area contributed by atoms with Crippen molar-refractivity contribution < 1.29 is 112 Å². The van der Waals surface area contributed by atoms with E-state index in [4.69, 9.17) is 73.9 Å².